The van der Waals surface area contributed by atoms with Crippen molar-refractivity contribution in [3.05, 3.63) is 70.1 Å². The Balaban J connectivity index is 1.59. The van der Waals surface area contributed by atoms with E-state index < -0.39 is 41.5 Å². The summed E-state index contributed by atoms with van der Waals surface area (Å²) in [5.74, 6) is -0.563. The summed E-state index contributed by atoms with van der Waals surface area (Å²) < 4.78 is 22.6. The quantitative estimate of drug-likeness (QED) is 0.457. The van der Waals surface area contributed by atoms with Gasteiger partial charge in [-0.1, -0.05) is 18.2 Å². The van der Waals surface area contributed by atoms with Gasteiger partial charge >= 0.3 is 5.63 Å². The molecule has 0 saturated carbocycles. The summed E-state index contributed by atoms with van der Waals surface area (Å²) >= 11 is 0. The number of hydrogen-bond acceptors (Lipinski definition) is 8. The lowest BCUT2D eigenvalue weighted by atomic mass is 9.81. The smallest absolute Gasteiger partial charge is 0.360 e. The number of aryl methyl sites for hydroxylation is 1. The number of methoxy groups -OCH3 is 1. The molecule has 4 atom stereocenters. The molecule has 3 aromatic rings. The Kier molecular flexibility index (Phi) is 6.95. The fourth-order valence-electron chi connectivity index (χ4n) is 4.27. The maximum absolute atomic E-state index is 12.6. The molecule has 1 fully saturated rings. The first kappa shape index (κ1) is 24.9. The molecule has 1 aromatic heterocycles. The largest absolute Gasteiger partial charge is 0.462 e. The van der Waals surface area contributed by atoms with Crippen LogP contribution in [-0.4, -0.2) is 53.9 Å². The predicted molar refractivity (Wildman–Crippen MR) is 129 cm³/mol. The van der Waals surface area contributed by atoms with E-state index in [0.29, 0.717) is 22.3 Å². The standard InChI is InChI=1S/C26H29NO8/c1-14-19(33-25-21(29)20(28)17(13-32-4)26(2,3)35-25)11-10-16-12-18(24(31)34-22(14)16)27-23(30)15-8-6-5-7-9-15/h5-12,17,20-21,25,28-29H,13H2,1-4H3,(H,27,30). The SMILES string of the molecule is COCC1C(O)C(O)C(Oc2ccc3cc(NC(=O)c4ccccc4)c(=O)oc3c2C)OC1(C)C. The van der Waals surface area contributed by atoms with Crippen LogP contribution in [0.25, 0.3) is 11.0 Å². The number of aliphatic hydroxyl groups excluding tert-OH is 2. The highest BCUT2D eigenvalue weighted by Crippen LogP contribution is 2.37. The van der Waals surface area contributed by atoms with Gasteiger partial charge in [0.15, 0.2) is 0 Å². The third-order valence-corrected chi connectivity index (χ3v) is 6.33. The molecule has 0 spiro atoms. The van der Waals surface area contributed by atoms with E-state index in [2.05, 4.69) is 5.32 Å². The summed E-state index contributed by atoms with van der Waals surface area (Å²) in [6.45, 7) is 5.49. The molecule has 0 radical (unpaired) electrons. The molecular formula is C26H29NO8. The van der Waals surface area contributed by atoms with Crippen molar-refractivity contribution in [3.8, 4) is 5.75 Å². The van der Waals surface area contributed by atoms with E-state index in [1.807, 2.05) is 0 Å². The zero-order valence-electron chi connectivity index (χ0n) is 20.0. The highest BCUT2D eigenvalue weighted by molar-refractivity contribution is 6.04. The van der Waals surface area contributed by atoms with Gasteiger partial charge in [-0.05, 0) is 51.1 Å². The zero-order chi connectivity index (χ0) is 25.3. The average molecular weight is 484 g/mol. The van der Waals surface area contributed by atoms with Crippen molar-refractivity contribution in [2.24, 2.45) is 5.92 Å². The molecule has 35 heavy (non-hydrogen) atoms. The number of hydrogen-bond donors (Lipinski definition) is 3. The predicted octanol–water partition coefficient (Wildman–Crippen LogP) is 2.85. The second kappa shape index (κ2) is 9.79. The van der Waals surface area contributed by atoms with Crippen LogP contribution in [0.2, 0.25) is 0 Å². The first-order chi connectivity index (χ1) is 16.6. The van der Waals surface area contributed by atoms with Gasteiger partial charge < -0.3 is 34.2 Å². The number of benzene rings is 2. The zero-order valence-corrected chi connectivity index (χ0v) is 20.0. The molecule has 9 heteroatoms. The number of amides is 1. The molecule has 3 N–H and O–H groups in total. The third-order valence-electron chi connectivity index (χ3n) is 6.33. The number of carbonyl (C=O) groups is 1. The van der Waals surface area contributed by atoms with E-state index >= 15 is 0 Å². The summed E-state index contributed by atoms with van der Waals surface area (Å²) in [6, 6.07) is 13.4. The Morgan fingerprint density at radius 2 is 1.83 bits per heavy atom. The molecule has 0 bridgehead atoms. The summed E-state index contributed by atoms with van der Waals surface area (Å²) in [5, 5.41) is 24.4. The van der Waals surface area contributed by atoms with Crippen LogP contribution in [0.4, 0.5) is 5.69 Å². The van der Waals surface area contributed by atoms with Crippen LogP contribution in [-0.2, 0) is 9.47 Å². The maximum atomic E-state index is 12.6. The van der Waals surface area contributed by atoms with E-state index in [0.717, 1.165) is 0 Å². The molecule has 1 amide bonds. The monoisotopic (exact) mass is 483 g/mol. The molecule has 1 aliphatic rings. The van der Waals surface area contributed by atoms with Gasteiger partial charge in [0, 0.05) is 29.5 Å². The van der Waals surface area contributed by atoms with Crippen LogP contribution in [0.15, 0.2) is 57.7 Å². The molecule has 1 saturated heterocycles. The first-order valence-electron chi connectivity index (χ1n) is 11.3. The second-order valence-corrected chi connectivity index (χ2v) is 9.13. The minimum Gasteiger partial charge on any atom is -0.462 e. The van der Waals surface area contributed by atoms with Gasteiger partial charge in [0.2, 0.25) is 6.29 Å². The van der Waals surface area contributed by atoms with Gasteiger partial charge in [-0.2, -0.15) is 0 Å². The third kappa shape index (κ3) is 4.94. The lowest BCUT2D eigenvalue weighted by molar-refractivity contribution is -0.293. The lowest BCUT2D eigenvalue weighted by Crippen LogP contribution is -2.61. The fraction of sp³-hybridized carbons (Fsp3) is 0.385. The van der Waals surface area contributed by atoms with Gasteiger partial charge in [-0.3, -0.25) is 4.79 Å². The topological polar surface area (TPSA) is 127 Å². The Hall–Kier alpha value is -3.24. The van der Waals surface area contributed by atoms with Gasteiger partial charge in [0.05, 0.1) is 18.3 Å². The molecular weight excluding hydrogens is 454 g/mol. The van der Waals surface area contributed by atoms with Crippen LogP contribution in [0.1, 0.15) is 29.8 Å². The van der Waals surface area contributed by atoms with E-state index in [1.165, 1.54) is 13.2 Å². The van der Waals surface area contributed by atoms with Crippen LogP contribution in [0, 0.1) is 12.8 Å². The summed E-state index contributed by atoms with van der Waals surface area (Å²) in [6.07, 6.45) is -3.60. The molecule has 1 aliphatic heterocycles. The van der Waals surface area contributed by atoms with Gasteiger partial charge in [0.25, 0.3) is 5.91 Å². The van der Waals surface area contributed by atoms with Crippen molar-refractivity contribution in [2.45, 2.75) is 44.9 Å². The summed E-state index contributed by atoms with van der Waals surface area (Å²) in [7, 11) is 1.52. The van der Waals surface area contributed by atoms with Crippen LogP contribution < -0.4 is 15.7 Å². The molecule has 4 rings (SSSR count). The Morgan fingerprint density at radius 3 is 2.51 bits per heavy atom. The Labute approximate surface area is 202 Å². The summed E-state index contributed by atoms with van der Waals surface area (Å²) in [4.78, 5) is 25.0. The molecule has 4 unspecified atom stereocenters. The molecule has 2 aromatic carbocycles. The number of fused-ring (bicyclic) bond motifs is 1. The maximum Gasteiger partial charge on any atom is 0.360 e. The number of carbonyl (C=O) groups excluding carboxylic acids is 1. The molecule has 9 nitrogen and oxygen atoms in total. The average Bonchev–Trinajstić information content (AvgIpc) is 2.83. The van der Waals surface area contributed by atoms with E-state index in [4.69, 9.17) is 18.6 Å². The van der Waals surface area contributed by atoms with Crippen LogP contribution in [0.5, 0.6) is 5.75 Å². The van der Waals surface area contributed by atoms with Crippen molar-refractivity contribution in [2.75, 3.05) is 19.0 Å². The van der Waals surface area contributed by atoms with Crippen LogP contribution in [0.3, 0.4) is 0 Å². The fourth-order valence-corrected chi connectivity index (χ4v) is 4.27. The number of rotatable bonds is 6. The first-order valence-corrected chi connectivity index (χ1v) is 11.3. The van der Waals surface area contributed by atoms with E-state index in [-0.39, 0.29) is 17.9 Å². The summed E-state index contributed by atoms with van der Waals surface area (Å²) in [5.41, 5.74) is -0.344. The number of nitrogens with one attached hydrogen (secondary N) is 1. The van der Waals surface area contributed by atoms with Crippen molar-refractivity contribution in [1.29, 1.82) is 0 Å². The van der Waals surface area contributed by atoms with E-state index in [1.54, 1.807) is 63.2 Å². The normalized spacial score (nSPS) is 23.7. The number of anilines is 1. The van der Waals surface area contributed by atoms with Crippen molar-refractivity contribution in [1.82, 2.24) is 0 Å². The number of aliphatic hydroxyl groups is 2. The highest BCUT2D eigenvalue weighted by atomic mass is 16.7. The van der Waals surface area contributed by atoms with Crippen molar-refractivity contribution < 1.29 is 33.6 Å². The van der Waals surface area contributed by atoms with Gasteiger partial charge in [0.1, 0.15) is 23.1 Å². The molecule has 0 aliphatic carbocycles. The Morgan fingerprint density at radius 1 is 1.11 bits per heavy atom. The second-order valence-electron chi connectivity index (χ2n) is 9.13. The van der Waals surface area contributed by atoms with Crippen molar-refractivity contribution in [3.63, 3.8) is 0 Å². The van der Waals surface area contributed by atoms with Crippen molar-refractivity contribution >= 4 is 22.6 Å². The Bertz CT molecular complexity index is 1270. The highest BCUT2D eigenvalue weighted by Gasteiger charge is 2.50. The number of ether oxygens (including phenoxy) is 3. The van der Waals surface area contributed by atoms with E-state index in [9.17, 15) is 19.8 Å². The van der Waals surface area contributed by atoms with Gasteiger partial charge in [-0.25, -0.2) is 4.79 Å². The lowest BCUT2D eigenvalue weighted by Gasteiger charge is -2.47. The minimum atomic E-state index is -1.32. The van der Waals surface area contributed by atoms with Crippen LogP contribution >= 0.6 is 0 Å². The molecule has 2 heterocycles. The van der Waals surface area contributed by atoms with Gasteiger partial charge in [-0.15, -0.1) is 0 Å². The molecule has 186 valence electrons. The minimum absolute atomic E-state index is 0.0134.